The molecule has 9 heteroatoms. The summed E-state index contributed by atoms with van der Waals surface area (Å²) in [6, 6.07) is 2.70. The number of carbonyl (C=O) groups is 2. The van der Waals surface area contributed by atoms with E-state index in [2.05, 4.69) is 5.32 Å². The van der Waals surface area contributed by atoms with Crippen molar-refractivity contribution in [1.82, 2.24) is 14.9 Å². The van der Waals surface area contributed by atoms with Crippen LogP contribution >= 0.6 is 0 Å². The summed E-state index contributed by atoms with van der Waals surface area (Å²) in [6.07, 6.45) is 1.91. The number of methoxy groups -OCH3 is 1. The van der Waals surface area contributed by atoms with Crippen molar-refractivity contribution >= 4 is 22.6 Å². The van der Waals surface area contributed by atoms with E-state index in [4.69, 9.17) is 9.72 Å². The molecular formula is C31H34FN3O5. The van der Waals surface area contributed by atoms with E-state index in [1.165, 1.54) is 13.2 Å². The van der Waals surface area contributed by atoms with Crippen molar-refractivity contribution in [2.45, 2.75) is 84.4 Å². The second-order valence-electron chi connectivity index (χ2n) is 12.5. The van der Waals surface area contributed by atoms with Crippen LogP contribution in [0.5, 0.6) is 5.75 Å². The van der Waals surface area contributed by atoms with E-state index in [9.17, 15) is 19.5 Å². The standard InChI is InChI=1S/C31H34FN3O5/c1-6-31(39)18-11-22-27-17(14-35(22)29(38)15(18)8-10-23(31)36)26-20(33-24(37)13-30(2,3)4)9-7-16-25(26)21(34-27)12-19(32)28(16)40-5/h11-12,20,39H,6-10,13-14H2,1-5H3,(H,33,37)/t20-,31-/m0/s1. The molecule has 0 saturated heterocycles. The first-order valence-electron chi connectivity index (χ1n) is 13.9. The van der Waals surface area contributed by atoms with E-state index in [0.29, 0.717) is 52.9 Å². The number of hydrogen-bond donors (Lipinski definition) is 2. The van der Waals surface area contributed by atoms with Crippen LogP contribution in [0.1, 0.15) is 87.2 Å². The summed E-state index contributed by atoms with van der Waals surface area (Å²) >= 11 is 0. The topological polar surface area (TPSA) is 111 Å². The van der Waals surface area contributed by atoms with Crippen molar-refractivity contribution in [1.29, 1.82) is 0 Å². The number of Topliss-reactive ketones (excluding diaryl/α,β-unsaturated/α-hetero) is 1. The second-order valence-corrected chi connectivity index (χ2v) is 12.5. The molecule has 8 nitrogen and oxygen atoms in total. The van der Waals surface area contributed by atoms with Crippen LogP contribution in [0.3, 0.4) is 0 Å². The average Bonchev–Trinajstić information content (AvgIpc) is 3.25. The molecule has 2 aliphatic carbocycles. The van der Waals surface area contributed by atoms with Crippen molar-refractivity contribution < 1.29 is 23.8 Å². The molecule has 3 aromatic rings. The molecule has 0 fully saturated rings. The number of aromatic nitrogens is 2. The fourth-order valence-electron chi connectivity index (χ4n) is 6.84. The summed E-state index contributed by atoms with van der Waals surface area (Å²) in [5, 5.41) is 15.3. The van der Waals surface area contributed by atoms with Crippen LogP contribution in [0.25, 0.3) is 22.3 Å². The number of pyridine rings is 2. The van der Waals surface area contributed by atoms with Crippen molar-refractivity contribution in [3.8, 4) is 17.1 Å². The summed E-state index contributed by atoms with van der Waals surface area (Å²) in [5.41, 5.74) is 2.32. The smallest absolute Gasteiger partial charge is 0.254 e. The van der Waals surface area contributed by atoms with Crippen molar-refractivity contribution in [2.75, 3.05) is 7.11 Å². The molecular weight excluding hydrogens is 513 g/mol. The van der Waals surface area contributed by atoms with Gasteiger partial charge in [-0.05, 0) is 42.7 Å². The third-order valence-corrected chi connectivity index (χ3v) is 8.67. The summed E-state index contributed by atoms with van der Waals surface area (Å²) in [6.45, 7) is 7.98. The lowest BCUT2D eigenvalue weighted by atomic mass is 9.77. The number of aryl methyl sites for hydroxylation is 1. The molecule has 2 atom stereocenters. The van der Waals surface area contributed by atoms with E-state index in [0.717, 1.165) is 16.5 Å². The molecule has 0 unspecified atom stereocenters. The maximum atomic E-state index is 15.2. The number of nitrogens with zero attached hydrogens (tertiary/aromatic N) is 2. The minimum Gasteiger partial charge on any atom is -0.493 e. The van der Waals surface area contributed by atoms with Gasteiger partial charge in [0.05, 0.1) is 36.6 Å². The fraction of sp³-hybridized carbons (Fsp3) is 0.484. The Bertz CT molecular complexity index is 1690. The van der Waals surface area contributed by atoms with Crippen molar-refractivity contribution in [3.05, 3.63) is 56.1 Å². The molecule has 0 spiro atoms. The first-order chi connectivity index (χ1) is 18.9. The summed E-state index contributed by atoms with van der Waals surface area (Å²) in [7, 11) is 1.44. The molecule has 1 aromatic carbocycles. The molecule has 210 valence electrons. The van der Waals surface area contributed by atoms with Gasteiger partial charge in [0.25, 0.3) is 5.56 Å². The van der Waals surface area contributed by atoms with Gasteiger partial charge in [-0.2, -0.15) is 0 Å². The third kappa shape index (κ3) is 3.81. The van der Waals surface area contributed by atoms with E-state index in [1.807, 2.05) is 20.8 Å². The Kier molecular flexibility index (Phi) is 5.96. The normalized spacial score (nSPS) is 21.2. The van der Waals surface area contributed by atoms with E-state index in [-0.39, 0.29) is 60.3 Å². The predicted octanol–water partition coefficient (Wildman–Crippen LogP) is 4.23. The molecule has 40 heavy (non-hydrogen) atoms. The number of nitrogens with one attached hydrogen (secondary N) is 1. The fourth-order valence-corrected chi connectivity index (χ4v) is 6.84. The van der Waals surface area contributed by atoms with Gasteiger partial charge in [0.2, 0.25) is 5.91 Å². The van der Waals surface area contributed by atoms with Crippen LogP contribution in [0.4, 0.5) is 4.39 Å². The Morgan fingerprint density at radius 1 is 1.20 bits per heavy atom. The summed E-state index contributed by atoms with van der Waals surface area (Å²) < 4.78 is 22.3. The van der Waals surface area contributed by atoms with Gasteiger partial charge in [0, 0.05) is 46.5 Å². The largest absolute Gasteiger partial charge is 0.493 e. The Hall–Kier alpha value is -3.59. The van der Waals surface area contributed by atoms with Crippen LogP contribution < -0.4 is 15.6 Å². The second kappa shape index (κ2) is 8.96. The van der Waals surface area contributed by atoms with Gasteiger partial charge in [-0.25, -0.2) is 9.37 Å². The number of ketones is 1. The van der Waals surface area contributed by atoms with Crippen LogP contribution in [-0.4, -0.2) is 33.5 Å². The Morgan fingerprint density at radius 3 is 2.62 bits per heavy atom. The molecule has 0 bridgehead atoms. The van der Waals surface area contributed by atoms with Crippen LogP contribution in [-0.2, 0) is 34.6 Å². The molecule has 6 rings (SSSR count). The van der Waals surface area contributed by atoms with Gasteiger partial charge in [0.15, 0.2) is 17.3 Å². The van der Waals surface area contributed by atoms with E-state index in [1.54, 1.807) is 17.6 Å². The van der Waals surface area contributed by atoms with Gasteiger partial charge < -0.3 is 19.7 Å². The minimum absolute atomic E-state index is 0.0802. The quantitative estimate of drug-likeness (QED) is 0.396. The number of carbonyl (C=O) groups excluding carboxylic acids is 2. The zero-order valence-corrected chi connectivity index (χ0v) is 23.5. The average molecular weight is 548 g/mol. The number of fused-ring (bicyclic) bond motifs is 5. The molecule has 0 saturated carbocycles. The lowest BCUT2D eigenvalue weighted by Crippen LogP contribution is -2.43. The van der Waals surface area contributed by atoms with Gasteiger partial charge >= 0.3 is 0 Å². The molecule has 3 aliphatic rings. The number of benzene rings is 1. The number of hydrogen-bond acceptors (Lipinski definition) is 6. The molecule has 2 aromatic heterocycles. The first-order valence-corrected chi connectivity index (χ1v) is 13.9. The number of rotatable bonds is 4. The molecule has 1 aliphatic heterocycles. The Labute approximate surface area is 231 Å². The molecule has 1 amide bonds. The van der Waals surface area contributed by atoms with Gasteiger partial charge in [0.1, 0.15) is 5.60 Å². The minimum atomic E-state index is -1.73. The van der Waals surface area contributed by atoms with Gasteiger partial charge in [-0.1, -0.05) is 27.7 Å². The highest BCUT2D eigenvalue weighted by Gasteiger charge is 2.44. The molecule has 0 radical (unpaired) electrons. The SMILES string of the molecule is CC[C@@]1(O)C(=O)CCc2c1cc1n(c2=O)Cc2c-1nc1cc(F)c(OC)c3c1c2[C@@H](NC(=O)CC(C)(C)C)CC3. The third-order valence-electron chi connectivity index (χ3n) is 8.67. The zero-order chi connectivity index (χ0) is 28.7. The number of halogens is 1. The van der Waals surface area contributed by atoms with Crippen LogP contribution in [0, 0.1) is 11.2 Å². The highest BCUT2D eigenvalue weighted by Crippen LogP contribution is 2.47. The Morgan fingerprint density at radius 2 is 1.95 bits per heavy atom. The summed E-state index contributed by atoms with van der Waals surface area (Å²) in [5.74, 6) is -0.731. The number of aliphatic hydroxyl groups is 1. The van der Waals surface area contributed by atoms with E-state index >= 15 is 4.39 Å². The van der Waals surface area contributed by atoms with Crippen molar-refractivity contribution in [3.63, 3.8) is 0 Å². The number of amides is 1. The van der Waals surface area contributed by atoms with Crippen LogP contribution in [0.2, 0.25) is 0 Å². The van der Waals surface area contributed by atoms with E-state index < -0.39 is 11.4 Å². The maximum Gasteiger partial charge on any atom is 0.254 e. The highest BCUT2D eigenvalue weighted by atomic mass is 19.1. The monoisotopic (exact) mass is 547 g/mol. The Balaban J connectivity index is 1.61. The van der Waals surface area contributed by atoms with Gasteiger partial charge in [-0.15, -0.1) is 0 Å². The maximum absolute atomic E-state index is 15.2. The van der Waals surface area contributed by atoms with Gasteiger partial charge in [-0.3, -0.25) is 14.4 Å². The predicted molar refractivity (Wildman–Crippen MR) is 148 cm³/mol. The first kappa shape index (κ1) is 26.6. The molecule has 3 heterocycles. The highest BCUT2D eigenvalue weighted by molar-refractivity contribution is 5.95. The lowest BCUT2D eigenvalue weighted by Gasteiger charge is -2.32. The number of ether oxygens (including phenoxy) is 1. The summed E-state index contributed by atoms with van der Waals surface area (Å²) in [4.78, 5) is 44.5. The van der Waals surface area contributed by atoms with Crippen LogP contribution in [0.15, 0.2) is 16.9 Å². The lowest BCUT2D eigenvalue weighted by molar-refractivity contribution is -0.140. The zero-order valence-electron chi connectivity index (χ0n) is 23.5. The molecule has 2 N–H and O–H groups in total. The van der Waals surface area contributed by atoms with Crippen molar-refractivity contribution in [2.24, 2.45) is 5.41 Å².